The van der Waals surface area contributed by atoms with E-state index in [2.05, 4.69) is 15.2 Å². The lowest BCUT2D eigenvalue weighted by Gasteiger charge is -2.26. The Bertz CT molecular complexity index is 908. The van der Waals surface area contributed by atoms with Crippen LogP contribution in [0.1, 0.15) is 29.3 Å². The zero-order chi connectivity index (χ0) is 18.1. The highest BCUT2D eigenvalue weighted by Crippen LogP contribution is 2.42. The smallest absolute Gasteiger partial charge is 0.174 e. The summed E-state index contributed by atoms with van der Waals surface area (Å²) in [4.78, 5) is 6.60. The Morgan fingerprint density at radius 1 is 1.12 bits per heavy atom. The lowest BCUT2D eigenvalue weighted by Crippen LogP contribution is -2.29. The van der Waals surface area contributed by atoms with Crippen molar-refractivity contribution in [2.24, 2.45) is 0 Å². The van der Waals surface area contributed by atoms with Crippen LogP contribution in [-0.2, 0) is 0 Å². The SMILES string of the molecule is COc1ccc(N2C(=S)N[C@@H](c3ccccn3)[C@@H]2c2ccc(C)o2)cc1. The lowest BCUT2D eigenvalue weighted by molar-refractivity contribution is 0.413. The van der Waals surface area contributed by atoms with Gasteiger partial charge in [-0.25, -0.2) is 0 Å². The van der Waals surface area contributed by atoms with Gasteiger partial charge in [0.1, 0.15) is 23.3 Å². The van der Waals surface area contributed by atoms with Crippen LogP contribution in [0.4, 0.5) is 5.69 Å². The number of aromatic nitrogens is 1. The predicted molar refractivity (Wildman–Crippen MR) is 104 cm³/mol. The summed E-state index contributed by atoms with van der Waals surface area (Å²) in [6.07, 6.45) is 1.79. The summed E-state index contributed by atoms with van der Waals surface area (Å²) in [6, 6.07) is 17.5. The lowest BCUT2D eigenvalue weighted by atomic mass is 10.0. The molecule has 2 aromatic heterocycles. The molecule has 0 spiro atoms. The Morgan fingerprint density at radius 3 is 2.54 bits per heavy atom. The second kappa shape index (κ2) is 6.80. The molecule has 1 saturated heterocycles. The average Bonchev–Trinajstić information content (AvgIpc) is 3.25. The van der Waals surface area contributed by atoms with Crippen molar-refractivity contribution in [3.05, 3.63) is 78.0 Å². The molecule has 0 unspecified atom stereocenters. The van der Waals surface area contributed by atoms with Crippen LogP contribution in [-0.4, -0.2) is 17.2 Å². The molecule has 1 aliphatic rings. The molecule has 2 atom stereocenters. The molecule has 6 heteroatoms. The minimum atomic E-state index is -0.125. The molecule has 4 rings (SSSR count). The fourth-order valence-corrected chi connectivity index (χ4v) is 3.62. The van der Waals surface area contributed by atoms with E-state index in [4.69, 9.17) is 21.4 Å². The van der Waals surface area contributed by atoms with Crippen LogP contribution in [0.5, 0.6) is 5.75 Å². The summed E-state index contributed by atoms with van der Waals surface area (Å²) >= 11 is 5.66. The third-order valence-electron chi connectivity index (χ3n) is 4.50. The summed E-state index contributed by atoms with van der Waals surface area (Å²) in [5.74, 6) is 2.52. The van der Waals surface area contributed by atoms with Gasteiger partial charge in [0.05, 0.1) is 18.8 Å². The first-order valence-electron chi connectivity index (χ1n) is 8.38. The minimum Gasteiger partial charge on any atom is -0.497 e. The summed E-state index contributed by atoms with van der Waals surface area (Å²) in [5, 5.41) is 4.05. The van der Waals surface area contributed by atoms with Crippen molar-refractivity contribution in [1.29, 1.82) is 0 Å². The third kappa shape index (κ3) is 2.93. The van der Waals surface area contributed by atoms with Gasteiger partial charge in [-0.2, -0.15) is 0 Å². The Kier molecular flexibility index (Phi) is 4.34. The van der Waals surface area contributed by atoms with Crippen molar-refractivity contribution in [3.8, 4) is 5.75 Å². The van der Waals surface area contributed by atoms with E-state index < -0.39 is 0 Å². The molecule has 1 aliphatic heterocycles. The highest BCUT2D eigenvalue weighted by Gasteiger charge is 2.42. The van der Waals surface area contributed by atoms with Crippen molar-refractivity contribution in [3.63, 3.8) is 0 Å². The van der Waals surface area contributed by atoms with E-state index >= 15 is 0 Å². The maximum absolute atomic E-state index is 5.97. The number of benzene rings is 1. The predicted octanol–water partition coefficient (Wildman–Crippen LogP) is 4.17. The number of rotatable bonds is 4. The normalized spacial score (nSPS) is 19.5. The van der Waals surface area contributed by atoms with E-state index in [1.165, 1.54) is 0 Å². The van der Waals surface area contributed by atoms with Crippen molar-refractivity contribution in [2.45, 2.75) is 19.0 Å². The van der Waals surface area contributed by atoms with Crippen molar-refractivity contribution in [1.82, 2.24) is 10.3 Å². The maximum Gasteiger partial charge on any atom is 0.174 e. The monoisotopic (exact) mass is 365 g/mol. The first-order chi connectivity index (χ1) is 12.7. The van der Waals surface area contributed by atoms with Gasteiger partial charge in [0.2, 0.25) is 0 Å². The average molecular weight is 365 g/mol. The summed E-state index contributed by atoms with van der Waals surface area (Å²) in [6.45, 7) is 1.94. The zero-order valence-electron chi connectivity index (χ0n) is 14.5. The van der Waals surface area contributed by atoms with Crippen LogP contribution in [0.15, 0.2) is 65.2 Å². The number of furan rings is 1. The number of anilines is 1. The van der Waals surface area contributed by atoms with E-state index in [0.29, 0.717) is 5.11 Å². The molecule has 5 nitrogen and oxygen atoms in total. The van der Waals surface area contributed by atoms with E-state index in [0.717, 1.165) is 28.7 Å². The molecule has 3 heterocycles. The molecule has 1 aromatic carbocycles. The highest BCUT2D eigenvalue weighted by molar-refractivity contribution is 7.80. The summed E-state index contributed by atoms with van der Waals surface area (Å²) in [5.41, 5.74) is 1.89. The summed E-state index contributed by atoms with van der Waals surface area (Å²) < 4.78 is 11.2. The summed E-state index contributed by atoms with van der Waals surface area (Å²) in [7, 11) is 1.66. The Hall–Kier alpha value is -2.86. The van der Waals surface area contributed by atoms with Crippen LogP contribution >= 0.6 is 12.2 Å². The standard InChI is InChI=1S/C20H19N3O2S/c1-13-6-11-17(25-13)19-18(16-5-3-4-12-21-16)22-20(26)23(19)14-7-9-15(24-2)10-8-14/h3-12,18-19H,1-2H3,(H,22,26)/t18-,19-/m0/s1. The molecular formula is C20H19N3O2S. The Morgan fingerprint density at radius 2 is 1.92 bits per heavy atom. The zero-order valence-corrected chi connectivity index (χ0v) is 15.4. The Balaban J connectivity index is 1.79. The van der Waals surface area contributed by atoms with E-state index in [1.807, 2.05) is 61.5 Å². The van der Waals surface area contributed by atoms with Gasteiger partial charge in [-0.15, -0.1) is 0 Å². The van der Waals surface area contributed by atoms with Crippen LogP contribution in [0, 0.1) is 6.92 Å². The van der Waals surface area contributed by atoms with Gasteiger partial charge < -0.3 is 19.4 Å². The van der Waals surface area contributed by atoms with E-state index in [-0.39, 0.29) is 12.1 Å². The number of ether oxygens (including phenoxy) is 1. The number of pyridine rings is 1. The van der Waals surface area contributed by atoms with E-state index in [1.54, 1.807) is 13.3 Å². The number of methoxy groups -OCH3 is 1. The van der Waals surface area contributed by atoms with Crippen LogP contribution in [0.2, 0.25) is 0 Å². The molecule has 0 amide bonds. The molecular weight excluding hydrogens is 346 g/mol. The van der Waals surface area contributed by atoms with Crippen LogP contribution < -0.4 is 15.0 Å². The third-order valence-corrected chi connectivity index (χ3v) is 4.82. The molecule has 0 bridgehead atoms. The molecule has 0 radical (unpaired) electrons. The van der Waals surface area contributed by atoms with Gasteiger partial charge in [-0.3, -0.25) is 4.98 Å². The quantitative estimate of drug-likeness (QED) is 0.701. The van der Waals surface area contributed by atoms with Crippen LogP contribution in [0.25, 0.3) is 0 Å². The fourth-order valence-electron chi connectivity index (χ4n) is 3.28. The van der Waals surface area contributed by atoms with Crippen molar-refractivity contribution in [2.75, 3.05) is 12.0 Å². The number of thiocarbonyl (C=S) groups is 1. The van der Waals surface area contributed by atoms with Gasteiger partial charge >= 0.3 is 0 Å². The number of aryl methyl sites for hydroxylation is 1. The second-order valence-corrected chi connectivity index (χ2v) is 6.53. The first-order valence-corrected chi connectivity index (χ1v) is 8.79. The van der Waals surface area contributed by atoms with Gasteiger partial charge in [-0.05, 0) is 67.7 Å². The van der Waals surface area contributed by atoms with Gasteiger partial charge in [-0.1, -0.05) is 6.07 Å². The van der Waals surface area contributed by atoms with Gasteiger partial charge in [0, 0.05) is 11.9 Å². The maximum atomic E-state index is 5.97. The molecule has 0 aliphatic carbocycles. The van der Waals surface area contributed by atoms with Crippen molar-refractivity contribution < 1.29 is 9.15 Å². The number of hydrogen-bond acceptors (Lipinski definition) is 4. The van der Waals surface area contributed by atoms with Gasteiger partial charge in [0.15, 0.2) is 5.11 Å². The minimum absolute atomic E-state index is 0.101. The largest absolute Gasteiger partial charge is 0.497 e. The van der Waals surface area contributed by atoms with Crippen LogP contribution in [0.3, 0.4) is 0 Å². The Labute approximate surface area is 157 Å². The number of nitrogens with zero attached hydrogens (tertiary/aromatic N) is 2. The molecule has 1 fully saturated rings. The molecule has 3 aromatic rings. The van der Waals surface area contributed by atoms with Crippen molar-refractivity contribution >= 4 is 23.0 Å². The molecule has 0 saturated carbocycles. The number of hydrogen-bond donors (Lipinski definition) is 1. The second-order valence-electron chi connectivity index (χ2n) is 6.14. The molecule has 1 N–H and O–H groups in total. The highest BCUT2D eigenvalue weighted by atomic mass is 32.1. The molecule has 26 heavy (non-hydrogen) atoms. The number of nitrogens with one attached hydrogen (secondary N) is 1. The van der Waals surface area contributed by atoms with Gasteiger partial charge in [0.25, 0.3) is 0 Å². The topological polar surface area (TPSA) is 50.5 Å². The fraction of sp³-hybridized carbons (Fsp3) is 0.200. The first kappa shape index (κ1) is 16.6. The molecule has 132 valence electrons. The van der Waals surface area contributed by atoms with E-state index in [9.17, 15) is 0 Å².